The summed E-state index contributed by atoms with van der Waals surface area (Å²) in [4.78, 5) is 32.6. The Balaban J connectivity index is 1.72. The summed E-state index contributed by atoms with van der Waals surface area (Å²) in [6, 6.07) is 18.5. The lowest BCUT2D eigenvalue weighted by Crippen LogP contribution is -2.29. The number of anilines is 1. The highest BCUT2D eigenvalue weighted by Crippen LogP contribution is 2.44. The number of amides is 1. The molecule has 0 radical (unpaired) electrons. The van der Waals surface area contributed by atoms with Crippen LogP contribution in [-0.2, 0) is 9.59 Å². The van der Waals surface area contributed by atoms with Gasteiger partial charge in [-0.25, -0.2) is 4.98 Å². The molecule has 1 aliphatic heterocycles. The molecule has 4 aromatic rings. The summed E-state index contributed by atoms with van der Waals surface area (Å²) in [7, 11) is 1.56. The van der Waals surface area contributed by atoms with Crippen LogP contribution in [0.1, 0.15) is 22.7 Å². The van der Waals surface area contributed by atoms with Crippen LogP contribution in [0.25, 0.3) is 16.0 Å². The first kappa shape index (κ1) is 22.1. The first-order valence-corrected chi connectivity index (χ1v) is 11.6. The van der Waals surface area contributed by atoms with Gasteiger partial charge in [-0.1, -0.05) is 41.1 Å². The SMILES string of the molecule is COc1ccc([C@@H]2C(=C(O)c3ccc(Cl)cc3)C(=O)C(=O)N2c2nc3ccc(C)cc3s2)cc1. The Bertz CT molecular complexity index is 1460. The Kier molecular flexibility index (Phi) is 5.59. The van der Waals surface area contributed by atoms with E-state index in [4.69, 9.17) is 16.3 Å². The number of benzene rings is 3. The van der Waals surface area contributed by atoms with Crippen LogP contribution in [0.15, 0.2) is 72.3 Å². The van der Waals surface area contributed by atoms with E-state index >= 15 is 0 Å². The Morgan fingerprint density at radius 3 is 2.44 bits per heavy atom. The molecular weight excluding hydrogens is 472 g/mol. The Labute approximate surface area is 204 Å². The zero-order valence-corrected chi connectivity index (χ0v) is 19.9. The van der Waals surface area contributed by atoms with E-state index in [1.165, 1.54) is 16.2 Å². The largest absolute Gasteiger partial charge is 0.507 e. The monoisotopic (exact) mass is 490 g/mol. The Morgan fingerprint density at radius 1 is 1.06 bits per heavy atom. The van der Waals surface area contributed by atoms with E-state index in [0.29, 0.717) is 27.0 Å². The number of nitrogens with zero attached hydrogens (tertiary/aromatic N) is 2. The van der Waals surface area contributed by atoms with Crippen molar-refractivity contribution in [1.29, 1.82) is 0 Å². The van der Waals surface area contributed by atoms with Gasteiger partial charge < -0.3 is 9.84 Å². The van der Waals surface area contributed by atoms with Crippen LogP contribution < -0.4 is 9.64 Å². The maximum Gasteiger partial charge on any atom is 0.301 e. The zero-order valence-electron chi connectivity index (χ0n) is 18.3. The van der Waals surface area contributed by atoms with Gasteiger partial charge in [-0.05, 0) is 66.6 Å². The molecule has 8 heteroatoms. The van der Waals surface area contributed by atoms with Gasteiger partial charge in [0, 0.05) is 10.6 Å². The topological polar surface area (TPSA) is 79.7 Å². The highest BCUT2D eigenvalue weighted by molar-refractivity contribution is 7.22. The molecule has 1 N–H and O–H groups in total. The van der Waals surface area contributed by atoms with E-state index in [-0.39, 0.29) is 11.3 Å². The van der Waals surface area contributed by atoms with Crippen LogP contribution in [0.2, 0.25) is 5.02 Å². The lowest BCUT2D eigenvalue weighted by molar-refractivity contribution is -0.132. The van der Waals surface area contributed by atoms with Gasteiger partial charge in [0.25, 0.3) is 5.78 Å². The summed E-state index contributed by atoms with van der Waals surface area (Å²) in [5, 5.41) is 12.0. The fourth-order valence-electron chi connectivity index (χ4n) is 4.02. The molecule has 1 atom stereocenters. The van der Waals surface area contributed by atoms with Gasteiger partial charge in [-0.2, -0.15) is 0 Å². The van der Waals surface area contributed by atoms with Crippen molar-refractivity contribution in [3.8, 4) is 5.75 Å². The van der Waals surface area contributed by atoms with Gasteiger partial charge in [-0.3, -0.25) is 14.5 Å². The number of ketones is 1. The number of aromatic nitrogens is 1. The molecular formula is C26H19ClN2O4S. The number of halogens is 1. The third-order valence-electron chi connectivity index (χ3n) is 5.73. The number of aliphatic hydroxyl groups is 1. The smallest absolute Gasteiger partial charge is 0.301 e. The number of carbonyl (C=O) groups excluding carboxylic acids is 2. The quantitative estimate of drug-likeness (QED) is 0.219. The molecule has 34 heavy (non-hydrogen) atoms. The minimum Gasteiger partial charge on any atom is -0.507 e. The van der Waals surface area contributed by atoms with Crippen molar-refractivity contribution in [3.63, 3.8) is 0 Å². The molecule has 0 saturated carbocycles. The fourth-order valence-corrected chi connectivity index (χ4v) is 5.23. The van der Waals surface area contributed by atoms with Gasteiger partial charge in [0.05, 0.1) is 28.9 Å². The molecule has 0 unspecified atom stereocenters. The number of methoxy groups -OCH3 is 1. The molecule has 2 heterocycles. The van der Waals surface area contributed by atoms with Crippen molar-refractivity contribution < 1.29 is 19.4 Å². The second kappa shape index (κ2) is 8.59. The minimum absolute atomic E-state index is 0.00655. The van der Waals surface area contributed by atoms with Crippen molar-refractivity contribution >= 4 is 55.7 Å². The molecule has 170 valence electrons. The number of thiazole rings is 1. The highest BCUT2D eigenvalue weighted by Gasteiger charge is 2.48. The molecule has 3 aromatic carbocycles. The van der Waals surface area contributed by atoms with Crippen LogP contribution in [0, 0.1) is 6.92 Å². The van der Waals surface area contributed by atoms with Crippen molar-refractivity contribution in [2.45, 2.75) is 13.0 Å². The van der Waals surface area contributed by atoms with Gasteiger partial charge in [0.15, 0.2) is 5.13 Å². The average molecular weight is 491 g/mol. The average Bonchev–Trinajstić information content (AvgIpc) is 3.37. The zero-order chi connectivity index (χ0) is 24.0. The molecule has 5 rings (SSSR count). The van der Waals surface area contributed by atoms with Crippen LogP contribution in [-0.4, -0.2) is 28.9 Å². The molecule has 0 spiro atoms. The number of fused-ring (bicyclic) bond motifs is 1. The molecule has 1 aromatic heterocycles. The lowest BCUT2D eigenvalue weighted by Gasteiger charge is -2.23. The second-order valence-electron chi connectivity index (χ2n) is 7.92. The maximum absolute atomic E-state index is 13.3. The fraction of sp³-hybridized carbons (Fsp3) is 0.115. The number of aryl methyl sites for hydroxylation is 1. The first-order chi connectivity index (χ1) is 16.4. The molecule has 0 aliphatic carbocycles. The van der Waals surface area contributed by atoms with Crippen molar-refractivity contribution in [3.05, 3.63) is 94.0 Å². The predicted octanol–water partition coefficient (Wildman–Crippen LogP) is 5.89. The standard InChI is InChI=1S/C26H19ClN2O4S/c1-14-3-12-19-20(13-14)34-26(28-19)29-22(15-6-10-18(33-2)11-7-15)21(24(31)25(29)32)23(30)16-4-8-17(27)9-5-16/h3-13,22,30H,1-2H3/t22-/m1/s1. The number of carbonyl (C=O) groups is 2. The second-order valence-corrected chi connectivity index (χ2v) is 9.36. The number of rotatable bonds is 4. The molecule has 1 fully saturated rings. The number of aliphatic hydroxyl groups excluding tert-OH is 1. The Morgan fingerprint density at radius 2 is 1.76 bits per heavy atom. The Hall–Kier alpha value is -3.68. The van der Waals surface area contributed by atoms with Crippen LogP contribution >= 0.6 is 22.9 Å². The molecule has 6 nitrogen and oxygen atoms in total. The molecule has 1 saturated heterocycles. The van der Waals surface area contributed by atoms with Crippen LogP contribution in [0.4, 0.5) is 5.13 Å². The molecule has 0 bridgehead atoms. The van der Waals surface area contributed by atoms with Gasteiger partial charge >= 0.3 is 5.91 Å². The molecule has 1 amide bonds. The summed E-state index contributed by atoms with van der Waals surface area (Å²) in [5.41, 5.74) is 2.83. The summed E-state index contributed by atoms with van der Waals surface area (Å²) < 4.78 is 6.17. The normalized spacial score (nSPS) is 17.5. The van der Waals surface area contributed by atoms with E-state index in [1.54, 1.807) is 55.6 Å². The van der Waals surface area contributed by atoms with Crippen molar-refractivity contribution in [2.75, 3.05) is 12.0 Å². The summed E-state index contributed by atoms with van der Waals surface area (Å²) in [6.45, 7) is 1.98. The van der Waals surface area contributed by atoms with Crippen LogP contribution in [0.3, 0.4) is 0 Å². The summed E-state index contributed by atoms with van der Waals surface area (Å²) >= 11 is 7.32. The van der Waals surface area contributed by atoms with E-state index in [2.05, 4.69) is 4.98 Å². The number of Topliss-reactive ketones (excluding diaryl/α,β-unsaturated/α-hetero) is 1. The lowest BCUT2D eigenvalue weighted by atomic mass is 9.95. The highest BCUT2D eigenvalue weighted by atomic mass is 35.5. The molecule has 1 aliphatic rings. The number of hydrogen-bond acceptors (Lipinski definition) is 6. The van der Waals surface area contributed by atoms with Crippen LogP contribution in [0.5, 0.6) is 5.75 Å². The van der Waals surface area contributed by atoms with Crippen molar-refractivity contribution in [2.24, 2.45) is 0 Å². The third-order valence-corrected chi connectivity index (χ3v) is 7.00. The van der Waals surface area contributed by atoms with E-state index < -0.39 is 17.7 Å². The van der Waals surface area contributed by atoms with Crippen molar-refractivity contribution in [1.82, 2.24) is 4.98 Å². The summed E-state index contributed by atoms with van der Waals surface area (Å²) in [5.74, 6) is -1.15. The number of ether oxygens (including phenoxy) is 1. The third kappa shape index (κ3) is 3.73. The van der Waals surface area contributed by atoms with Gasteiger partial charge in [0.2, 0.25) is 0 Å². The first-order valence-electron chi connectivity index (χ1n) is 10.5. The van der Waals surface area contributed by atoms with Gasteiger partial charge in [-0.15, -0.1) is 0 Å². The predicted molar refractivity (Wildman–Crippen MR) is 134 cm³/mol. The van der Waals surface area contributed by atoms with E-state index in [9.17, 15) is 14.7 Å². The van der Waals surface area contributed by atoms with E-state index in [0.717, 1.165) is 15.8 Å². The summed E-state index contributed by atoms with van der Waals surface area (Å²) in [6.07, 6.45) is 0. The minimum atomic E-state index is -0.858. The maximum atomic E-state index is 13.3. The van der Waals surface area contributed by atoms with E-state index in [1.807, 2.05) is 25.1 Å². The number of hydrogen-bond donors (Lipinski definition) is 1. The van der Waals surface area contributed by atoms with Gasteiger partial charge in [0.1, 0.15) is 11.5 Å².